The molecule has 1 amide bonds. The van der Waals surface area contributed by atoms with Crippen LogP contribution in [-0.2, 0) is 0 Å². The molecular weight excluding hydrogens is 230 g/mol. The van der Waals surface area contributed by atoms with Crippen LogP contribution in [0, 0.1) is 0 Å². The number of amides is 1. The Kier molecular flexibility index (Phi) is 2.45. The van der Waals surface area contributed by atoms with E-state index in [4.69, 9.17) is 0 Å². The van der Waals surface area contributed by atoms with E-state index in [1.807, 2.05) is 0 Å². The van der Waals surface area contributed by atoms with Crippen molar-refractivity contribution >= 4 is 22.6 Å². The zero-order valence-corrected chi connectivity index (χ0v) is 9.29. The van der Waals surface area contributed by atoms with Crippen LogP contribution < -0.4 is 5.32 Å². The highest BCUT2D eigenvalue weighted by atomic mass is 16.1. The average molecular weight is 239 g/mol. The lowest BCUT2D eigenvalue weighted by Gasteiger charge is -2.04. The molecule has 6 nitrogen and oxygen atoms in total. The Hall–Kier alpha value is -2.76. The lowest BCUT2D eigenvalue weighted by molar-refractivity contribution is 0.102. The third kappa shape index (κ3) is 1.80. The molecule has 18 heavy (non-hydrogen) atoms. The normalized spacial score (nSPS) is 10.4. The zero-order valence-electron chi connectivity index (χ0n) is 9.29. The van der Waals surface area contributed by atoms with Gasteiger partial charge in [0.2, 0.25) is 0 Å². The van der Waals surface area contributed by atoms with Gasteiger partial charge in [0.25, 0.3) is 5.91 Å². The van der Waals surface area contributed by atoms with E-state index in [1.165, 1.54) is 0 Å². The number of nitrogens with zero attached hydrogens (tertiary/aromatic N) is 3. The number of fused-ring (bicyclic) bond motifs is 1. The number of aromatic nitrogens is 4. The van der Waals surface area contributed by atoms with Gasteiger partial charge in [-0.05, 0) is 18.2 Å². The Labute approximate surface area is 102 Å². The molecular formula is C12H9N5O. The first kappa shape index (κ1) is 10.4. The van der Waals surface area contributed by atoms with Crippen LogP contribution >= 0.6 is 0 Å². The maximum atomic E-state index is 12.1. The number of H-pyrrole nitrogens is 1. The molecule has 3 aromatic rings. The highest BCUT2D eigenvalue weighted by molar-refractivity contribution is 6.11. The summed E-state index contributed by atoms with van der Waals surface area (Å²) in [4.78, 5) is 20.1. The van der Waals surface area contributed by atoms with Gasteiger partial charge in [0.05, 0.1) is 17.1 Å². The van der Waals surface area contributed by atoms with Crippen LogP contribution in [0.1, 0.15) is 10.4 Å². The molecule has 6 heteroatoms. The Morgan fingerprint density at radius 2 is 2.00 bits per heavy atom. The molecule has 0 aliphatic heterocycles. The second-order valence-electron chi connectivity index (χ2n) is 3.68. The summed E-state index contributed by atoms with van der Waals surface area (Å²) in [6, 6.07) is 5.12. The monoisotopic (exact) mass is 239 g/mol. The number of rotatable bonds is 2. The smallest absolute Gasteiger partial charge is 0.256 e. The van der Waals surface area contributed by atoms with Crippen molar-refractivity contribution in [3.8, 4) is 0 Å². The van der Waals surface area contributed by atoms with Crippen molar-refractivity contribution < 1.29 is 4.79 Å². The van der Waals surface area contributed by atoms with Crippen molar-refractivity contribution in [1.29, 1.82) is 0 Å². The highest BCUT2D eigenvalue weighted by Gasteiger charge is 2.11. The lowest BCUT2D eigenvalue weighted by atomic mass is 10.2. The van der Waals surface area contributed by atoms with Crippen LogP contribution in [0.25, 0.3) is 11.0 Å². The SMILES string of the molecule is O=C(Nc1ccncc1)c1ccnc2[nH]ncc12. The zero-order chi connectivity index (χ0) is 12.4. The van der Waals surface area contributed by atoms with Gasteiger partial charge < -0.3 is 5.32 Å². The molecule has 0 atom stereocenters. The lowest BCUT2D eigenvalue weighted by Crippen LogP contribution is -2.12. The van der Waals surface area contributed by atoms with Gasteiger partial charge >= 0.3 is 0 Å². The van der Waals surface area contributed by atoms with Crippen LogP contribution in [0.15, 0.2) is 43.0 Å². The minimum Gasteiger partial charge on any atom is -0.322 e. The van der Waals surface area contributed by atoms with Gasteiger partial charge in [-0.2, -0.15) is 5.10 Å². The Bertz CT molecular complexity index is 692. The Balaban J connectivity index is 1.95. The molecule has 0 spiro atoms. The molecule has 0 aliphatic carbocycles. The summed E-state index contributed by atoms with van der Waals surface area (Å²) in [5.41, 5.74) is 1.83. The predicted octanol–water partition coefficient (Wildman–Crippen LogP) is 1.61. The van der Waals surface area contributed by atoms with Crippen molar-refractivity contribution in [2.75, 3.05) is 5.32 Å². The topological polar surface area (TPSA) is 83.6 Å². The molecule has 0 fully saturated rings. The third-order valence-electron chi connectivity index (χ3n) is 2.54. The van der Waals surface area contributed by atoms with Crippen LogP contribution in [0.2, 0.25) is 0 Å². The fraction of sp³-hybridized carbons (Fsp3) is 0. The molecule has 0 aromatic carbocycles. The molecule has 0 aliphatic rings. The van der Waals surface area contributed by atoms with E-state index >= 15 is 0 Å². The molecule has 88 valence electrons. The van der Waals surface area contributed by atoms with Crippen molar-refractivity contribution in [2.24, 2.45) is 0 Å². The van der Waals surface area contributed by atoms with Crippen molar-refractivity contribution in [3.05, 3.63) is 48.5 Å². The maximum absolute atomic E-state index is 12.1. The summed E-state index contributed by atoms with van der Waals surface area (Å²) in [6.07, 6.45) is 6.40. The molecule has 0 saturated heterocycles. The minimum absolute atomic E-state index is 0.199. The Morgan fingerprint density at radius 3 is 2.83 bits per heavy atom. The number of hydrogen-bond acceptors (Lipinski definition) is 4. The minimum atomic E-state index is -0.199. The summed E-state index contributed by atoms with van der Waals surface area (Å²) in [6.45, 7) is 0. The third-order valence-corrected chi connectivity index (χ3v) is 2.54. The quantitative estimate of drug-likeness (QED) is 0.711. The fourth-order valence-corrected chi connectivity index (χ4v) is 1.68. The van der Waals surface area contributed by atoms with Crippen molar-refractivity contribution in [2.45, 2.75) is 0 Å². The van der Waals surface area contributed by atoms with Crippen molar-refractivity contribution in [3.63, 3.8) is 0 Å². The second-order valence-corrected chi connectivity index (χ2v) is 3.68. The highest BCUT2D eigenvalue weighted by Crippen LogP contribution is 2.15. The van der Waals surface area contributed by atoms with Gasteiger partial charge in [-0.25, -0.2) is 4.98 Å². The van der Waals surface area contributed by atoms with Crippen LogP contribution in [0.3, 0.4) is 0 Å². The largest absolute Gasteiger partial charge is 0.322 e. The molecule has 0 saturated carbocycles. The number of pyridine rings is 2. The summed E-state index contributed by atoms with van der Waals surface area (Å²) in [7, 11) is 0. The van der Waals surface area contributed by atoms with Gasteiger partial charge in [0.15, 0.2) is 5.65 Å². The van der Waals surface area contributed by atoms with E-state index in [-0.39, 0.29) is 5.91 Å². The van der Waals surface area contributed by atoms with Crippen molar-refractivity contribution in [1.82, 2.24) is 20.2 Å². The summed E-state index contributed by atoms with van der Waals surface area (Å²) < 4.78 is 0. The summed E-state index contributed by atoms with van der Waals surface area (Å²) >= 11 is 0. The van der Waals surface area contributed by atoms with Gasteiger partial charge in [-0.15, -0.1) is 0 Å². The molecule has 3 rings (SSSR count). The first-order valence-corrected chi connectivity index (χ1v) is 5.34. The molecule has 3 aromatic heterocycles. The number of hydrogen-bond donors (Lipinski definition) is 2. The molecule has 0 bridgehead atoms. The number of carbonyl (C=O) groups excluding carboxylic acids is 1. The first-order valence-electron chi connectivity index (χ1n) is 5.34. The standard InChI is InChI=1S/C12H9N5O/c18-12(16-8-1-4-13-5-2-8)9-3-6-14-11-10(9)7-15-17-11/h1-7H,(H,13,16,18)(H,14,15,17). The maximum Gasteiger partial charge on any atom is 0.256 e. The fourth-order valence-electron chi connectivity index (χ4n) is 1.68. The van der Waals surface area contributed by atoms with Gasteiger partial charge in [0.1, 0.15) is 0 Å². The number of nitrogens with one attached hydrogen (secondary N) is 2. The van der Waals surface area contributed by atoms with Gasteiger partial charge in [-0.3, -0.25) is 14.9 Å². The van der Waals surface area contributed by atoms with E-state index < -0.39 is 0 Å². The number of anilines is 1. The van der Waals surface area contributed by atoms with Crippen LogP contribution in [0.5, 0.6) is 0 Å². The first-order chi connectivity index (χ1) is 8.84. The van der Waals surface area contributed by atoms with E-state index in [9.17, 15) is 4.79 Å². The molecule has 0 unspecified atom stereocenters. The van der Waals surface area contributed by atoms with E-state index in [0.29, 0.717) is 22.3 Å². The van der Waals surface area contributed by atoms with Crippen LogP contribution in [0.4, 0.5) is 5.69 Å². The summed E-state index contributed by atoms with van der Waals surface area (Å²) in [5.74, 6) is -0.199. The van der Waals surface area contributed by atoms with Gasteiger partial charge in [-0.1, -0.05) is 0 Å². The van der Waals surface area contributed by atoms with E-state index in [0.717, 1.165) is 0 Å². The Morgan fingerprint density at radius 1 is 1.17 bits per heavy atom. The number of carbonyl (C=O) groups is 1. The van der Waals surface area contributed by atoms with Crippen LogP contribution in [-0.4, -0.2) is 26.1 Å². The molecule has 2 N–H and O–H groups in total. The molecule has 3 heterocycles. The average Bonchev–Trinajstić information content (AvgIpc) is 2.87. The van der Waals surface area contributed by atoms with E-state index in [1.54, 1.807) is 43.0 Å². The predicted molar refractivity (Wildman–Crippen MR) is 66.1 cm³/mol. The second kappa shape index (κ2) is 4.25. The summed E-state index contributed by atoms with van der Waals surface area (Å²) in [5, 5.41) is 10.1. The van der Waals surface area contributed by atoms with Gasteiger partial charge in [0, 0.05) is 24.3 Å². The van der Waals surface area contributed by atoms with E-state index in [2.05, 4.69) is 25.5 Å². The number of aromatic amines is 1. The molecule has 0 radical (unpaired) electrons.